The summed E-state index contributed by atoms with van der Waals surface area (Å²) in [7, 11) is 1.64. The smallest absolute Gasteiger partial charge is 0.194 e. The van der Waals surface area contributed by atoms with E-state index < -0.39 is 0 Å². The van der Waals surface area contributed by atoms with Crippen molar-refractivity contribution in [2.75, 3.05) is 7.11 Å². The fourth-order valence-corrected chi connectivity index (χ4v) is 3.40. The van der Waals surface area contributed by atoms with Crippen molar-refractivity contribution in [1.82, 2.24) is 25.5 Å². The Bertz CT molecular complexity index is 1140. The highest BCUT2D eigenvalue weighted by Crippen LogP contribution is 2.29. The zero-order valence-electron chi connectivity index (χ0n) is 18.5. The number of methoxy groups -OCH3 is 1. The summed E-state index contributed by atoms with van der Waals surface area (Å²) in [6.07, 6.45) is 0. The third kappa shape index (κ3) is 5.12. The number of tetrazole rings is 1. The topological polar surface area (TPSA) is 74.1 Å². The summed E-state index contributed by atoms with van der Waals surface area (Å²) in [4.78, 5) is 0. The van der Waals surface area contributed by atoms with Gasteiger partial charge < -0.3 is 14.8 Å². The number of nitrogens with zero attached hydrogens (tertiary/aromatic N) is 4. The molecule has 0 saturated carbocycles. The summed E-state index contributed by atoms with van der Waals surface area (Å²) in [5, 5.41) is 15.5. The number of rotatable bonds is 9. The molecule has 0 aliphatic rings. The zero-order valence-corrected chi connectivity index (χ0v) is 18.5. The summed E-state index contributed by atoms with van der Waals surface area (Å²) < 4.78 is 13.2. The first-order valence-electron chi connectivity index (χ1n) is 10.6. The van der Waals surface area contributed by atoms with E-state index >= 15 is 0 Å². The van der Waals surface area contributed by atoms with Crippen LogP contribution in [-0.4, -0.2) is 27.3 Å². The Kier molecular flexibility index (Phi) is 6.77. The number of hydrogen-bond donors (Lipinski definition) is 1. The van der Waals surface area contributed by atoms with Crippen molar-refractivity contribution in [3.05, 3.63) is 95.3 Å². The maximum absolute atomic E-state index is 6.00. The molecule has 1 N–H and O–H groups in total. The molecule has 0 aliphatic heterocycles. The number of aromatic nitrogens is 4. The van der Waals surface area contributed by atoms with Gasteiger partial charge in [0.1, 0.15) is 0 Å². The second-order valence-electron chi connectivity index (χ2n) is 7.63. The monoisotopic (exact) mass is 429 g/mol. The number of nitrogens with one attached hydrogen (secondary N) is 1. The van der Waals surface area contributed by atoms with Crippen molar-refractivity contribution in [3.63, 3.8) is 0 Å². The molecule has 0 unspecified atom stereocenters. The normalized spacial score (nSPS) is 11.8. The van der Waals surface area contributed by atoms with Crippen LogP contribution in [0.5, 0.6) is 11.5 Å². The molecule has 0 fully saturated rings. The van der Waals surface area contributed by atoms with Gasteiger partial charge in [-0.05, 0) is 59.7 Å². The van der Waals surface area contributed by atoms with Gasteiger partial charge in [0.15, 0.2) is 23.9 Å². The second-order valence-corrected chi connectivity index (χ2v) is 7.63. The fraction of sp³-hybridized carbons (Fsp3) is 0.240. The predicted octanol–water partition coefficient (Wildman–Crippen LogP) is 4.41. The van der Waals surface area contributed by atoms with Crippen LogP contribution in [0.1, 0.15) is 35.5 Å². The lowest BCUT2D eigenvalue weighted by Gasteiger charge is -2.16. The lowest BCUT2D eigenvalue weighted by molar-refractivity contribution is 0.273. The average Bonchev–Trinajstić information content (AvgIpc) is 3.31. The van der Waals surface area contributed by atoms with Gasteiger partial charge in [-0.2, -0.15) is 4.68 Å². The highest BCUT2D eigenvalue weighted by Gasteiger charge is 2.12. The molecule has 0 radical (unpaired) electrons. The van der Waals surface area contributed by atoms with Gasteiger partial charge >= 0.3 is 0 Å². The lowest BCUT2D eigenvalue weighted by atomic mass is 10.1. The standard InChI is InChI=1S/C25H27N5O2/c1-18-9-12-22(13-10-18)30-25(27-28-29-30)17-32-23-14-11-20(15-24(23)31-3)16-26-19(2)21-7-5-4-6-8-21/h4-15,19,26H,16-17H2,1-3H3/t19-/m0/s1. The maximum Gasteiger partial charge on any atom is 0.194 e. The van der Waals surface area contributed by atoms with Gasteiger partial charge in [0, 0.05) is 12.6 Å². The third-order valence-electron chi connectivity index (χ3n) is 5.31. The molecule has 4 aromatic rings. The molecule has 3 aromatic carbocycles. The molecule has 1 heterocycles. The molecule has 0 amide bonds. The molecule has 1 aromatic heterocycles. The lowest BCUT2D eigenvalue weighted by Crippen LogP contribution is -2.18. The van der Waals surface area contributed by atoms with Gasteiger partial charge in [-0.3, -0.25) is 0 Å². The van der Waals surface area contributed by atoms with Crippen LogP contribution in [0.4, 0.5) is 0 Å². The van der Waals surface area contributed by atoms with Gasteiger partial charge in [-0.15, -0.1) is 5.10 Å². The summed E-state index contributed by atoms with van der Waals surface area (Å²) >= 11 is 0. The van der Waals surface area contributed by atoms with E-state index in [2.05, 4.69) is 52.0 Å². The van der Waals surface area contributed by atoms with E-state index in [0.717, 1.165) is 17.8 Å². The minimum Gasteiger partial charge on any atom is -0.493 e. The molecule has 0 saturated heterocycles. The highest BCUT2D eigenvalue weighted by molar-refractivity contribution is 5.43. The Morgan fingerprint density at radius 1 is 0.969 bits per heavy atom. The first-order valence-corrected chi connectivity index (χ1v) is 10.6. The van der Waals surface area contributed by atoms with Crippen LogP contribution in [0.15, 0.2) is 72.8 Å². The Balaban J connectivity index is 1.41. The Labute approximate surface area is 188 Å². The molecular weight excluding hydrogens is 402 g/mol. The van der Waals surface area contributed by atoms with Gasteiger partial charge in [-0.1, -0.05) is 54.1 Å². The van der Waals surface area contributed by atoms with Crippen LogP contribution in [-0.2, 0) is 13.2 Å². The van der Waals surface area contributed by atoms with Crippen LogP contribution in [0.25, 0.3) is 5.69 Å². The molecule has 7 heteroatoms. The quantitative estimate of drug-likeness (QED) is 0.425. The van der Waals surface area contributed by atoms with Crippen molar-refractivity contribution >= 4 is 0 Å². The van der Waals surface area contributed by atoms with Crippen molar-refractivity contribution in [3.8, 4) is 17.2 Å². The number of hydrogen-bond acceptors (Lipinski definition) is 6. The Morgan fingerprint density at radius 3 is 2.50 bits per heavy atom. The summed E-state index contributed by atoms with van der Waals surface area (Å²) in [5.41, 5.74) is 4.43. The van der Waals surface area contributed by atoms with E-state index in [-0.39, 0.29) is 12.6 Å². The van der Waals surface area contributed by atoms with Crippen LogP contribution < -0.4 is 14.8 Å². The zero-order chi connectivity index (χ0) is 22.3. The first-order chi connectivity index (χ1) is 15.6. The largest absolute Gasteiger partial charge is 0.493 e. The Morgan fingerprint density at radius 2 is 1.75 bits per heavy atom. The van der Waals surface area contributed by atoms with Crippen LogP contribution >= 0.6 is 0 Å². The molecule has 164 valence electrons. The van der Waals surface area contributed by atoms with E-state index in [0.29, 0.717) is 17.3 Å². The summed E-state index contributed by atoms with van der Waals surface area (Å²) in [6, 6.07) is 24.6. The summed E-state index contributed by atoms with van der Waals surface area (Å²) in [5.74, 6) is 1.93. The average molecular weight is 430 g/mol. The van der Waals surface area contributed by atoms with E-state index in [1.165, 1.54) is 11.1 Å². The molecule has 1 atom stereocenters. The maximum atomic E-state index is 6.00. The van der Waals surface area contributed by atoms with Gasteiger partial charge in [-0.25, -0.2) is 0 Å². The highest BCUT2D eigenvalue weighted by atomic mass is 16.5. The Hall–Kier alpha value is -3.71. The number of benzene rings is 3. The molecule has 32 heavy (non-hydrogen) atoms. The second kappa shape index (κ2) is 10.1. The minimum atomic E-state index is 0.222. The van der Waals surface area contributed by atoms with E-state index in [4.69, 9.17) is 9.47 Å². The van der Waals surface area contributed by atoms with Crippen LogP contribution in [0.2, 0.25) is 0 Å². The van der Waals surface area contributed by atoms with E-state index in [1.54, 1.807) is 11.8 Å². The fourth-order valence-electron chi connectivity index (χ4n) is 3.40. The molecular formula is C25H27N5O2. The molecule has 0 bridgehead atoms. The number of aryl methyl sites for hydroxylation is 1. The summed E-state index contributed by atoms with van der Waals surface area (Å²) in [6.45, 7) is 5.14. The SMILES string of the molecule is COc1cc(CN[C@@H](C)c2ccccc2)ccc1OCc1nnnn1-c1ccc(C)cc1. The van der Waals surface area contributed by atoms with Crippen molar-refractivity contribution in [1.29, 1.82) is 0 Å². The van der Waals surface area contributed by atoms with Crippen molar-refractivity contribution in [2.24, 2.45) is 0 Å². The number of ether oxygens (including phenoxy) is 2. The first kappa shape index (κ1) is 21.5. The molecule has 4 rings (SSSR count). The van der Waals surface area contributed by atoms with Gasteiger partial charge in [0.2, 0.25) is 0 Å². The van der Waals surface area contributed by atoms with Gasteiger partial charge in [0.05, 0.1) is 12.8 Å². The molecule has 0 spiro atoms. The van der Waals surface area contributed by atoms with Gasteiger partial charge in [0.25, 0.3) is 0 Å². The van der Waals surface area contributed by atoms with Crippen molar-refractivity contribution in [2.45, 2.75) is 33.0 Å². The van der Waals surface area contributed by atoms with E-state index in [9.17, 15) is 0 Å². The van der Waals surface area contributed by atoms with E-state index in [1.807, 2.05) is 55.5 Å². The predicted molar refractivity (Wildman–Crippen MR) is 123 cm³/mol. The minimum absolute atomic E-state index is 0.222. The molecule has 7 nitrogen and oxygen atoms in total. The van der Waals surface area contributed by atoms with Crippen LogP contribution in [0, 0.1) is 6.92 Å². The van der Waals surface area contributed by atoms with Crippen LogP contribution in [0.3, 0.4) is 0 Å². The van der Waals surface area contributed by atoms with Crippen molar-refractivity contribution < 1.29 is 9.47 Å². The third-order valence-corrected chi connectivity index (χ3v) is 5.31. The molecule has 0 aliphatic carbocycles.